The molecule has 0 spiro atoms. The molecule has 1 unspecified atom stereocenters. The highest BCUT2D eigenvalue weighted by atomic mass is 16.5. The predicted octanol–water partition coefficient (Wildman–Crippen LogP) is 0.947. The molecule has 2 amide bonds. The van der Waals surface area contributed by atoms with Gasteiger partial charge in [-0.3, -0.25) is 14.4 Å². The van der Waals surface area contributed by atoms with Crippen LogP contribution in [-0.2, 0) is 19.1 Å². The number of rotatable bonds is 5. The van der Waals surface area contributed by atoms with Gasteiger partial charge in [-0.15, -0.1) is 0 Å². The highest BCUT2D eigenvalue weighted by Crippen LogP contribution is 2.13. The molecule has 0 aromatic carbocycles. The van der Waals surface area contributed by atoms with E-state index < -0.39 is 17.4 Å². The second-order valence-electron chi connectivity index (χ2n) is 6.08. The van der Waals surface area contributed by atoms with E-state index in [1.165, 1.54) is 12.0 Å². The first-order valence-corrected chi connectivity index (χ1v) is 6.69. The Labute approximate surface area is 120 Å². The molecule has 0 bridgehead atoms. The summed E-state index contributed by atoms with van der Waals surface area (Å²) in [5.41, 5.74) is -0.570. The fraction of sp³-hybridized carbons (Fsp3) is 0.786. The molecule has 0 aliphatic carbocycles. The third kappa shape index (κ3) is 5.59. The van der Waals surface area contributed by atoms with Gasteiger partial charge in [0.1, 0.15) is 12.6 Å². The molecule has 0 fully saturated rings. The minimum atomic E-state index is -0.686. The highest BCUT2D eigenvalue weighted by Gasteiger charge is 2.29. The summed E-state index contributed by atoms with van der Waals surface area (Å²) in [6, 6.07) is -0.843. The molecule has 0 aromatic rings. The number of esters is 1. The number of nitrogens with one attached hydrogen (secondary N) is 1. The zero-order chi connectivity index (χ0) is 16.1. The molecule has 0 aliphatic heterocycles. The van der Waals surface area contributed by atoms with E-state index in [0.717, 1.165) is 0 Å². The molecule has 1 atom stereocenters. The van der Waals surface area contributed by atoms with Crippen molar-refractivity contribution in [2.24, 2.45) is 5.41 Å². The molecule has 0 aromatic heterocycles. The Hall–Kier alpha value is -1.59. The number of hydrogen-bond donors (Lipinski definition) is 1. The normalized spacial score (nSPS) is 12.8. The van der Waals surface area contributed by atoms with Gasteiger partial charge in [-0.2, -0.15) is 0 Å². The molecule has 0 radical (unpaired) electrons. The largest absolute Gasteiger partial charge is 0.468 e. The molecule has 0 rings (SSSR count). The monoisotopic (exact) mass is 286 g/mol. The van der Waals surface area contributed by atoms with Gasteiger partial charge in [-0.05, 0) is 20.8 Å². The van der Waals surface area contributed by atoms with Crippen LogP contribution in [0.5, 0.6) is 0 Å². The molecule has 20 heavy (non-hydrogen) atoms. The van der Waals surface area contributed by atoms with E-state index in [-0.39, 0.29) is 24.4 Å². The van der Waals surface area contributed by atoms with Crippen LogP contribution in [0.2, 0.25) is 0 Å². The first-order chi connectivity index (χ1) is 9.00. The average molecular weight is 286 g/mol. The molecule has 0 aliphatic rings. The lowest BCUT2D eigenvalue weighted by molar-refractivity contribution is -0.149. The molecule has 6 nitrogen and oxygen atoms in total. The van der Waals surface area contributed by atoms with E-state index in [2.05, 4.69) is 10.1 Å². The Balaban J connectivity index is 4.82. The van der Waals surface area contributed by atoms with Crippen molar-refractivity contribution < 1.29 is 19.1 Å². The Bertz CT molecular complexity index is 372. The minimum absolute atomic E-state index is 0.122. The molecule has 0 heterocycles. The number of nitrogens with zero attached hydrogens (tertiary/aromatic N) is 1. The Morgan fingerprint density at radius 2 is 1.65 bits per heavy atom. The van der Waals surface area contributed by atoms with E-state index >= 15 is 0 Å². The van der Waals surface area contributed by atoms with Crippen molar-refractivity contribution in [1.82, 2.24) is 10.2 Å². The predicted molar refractivity (Wildman–Crippen MR) is 75.9 cm³/mol. The second kappa shape index (κ2) is 7.26. The third-order valence-corrected chi connectivity index (χ3v) is 2.83. The Morgan fingerprint density at radius 3 is 2.00 bits per heavy atom. The molecule has 116 valence electrons. The van der Waals surface area contributed by atoms with Gasteiger partial charge in [-0.1, -0.05) is 20.8 Å². The fourth-order valence-corrected chi connectivity index (χ4v) is 1.44. The lowest BCUT2D eigenvalue weighted by Gasteiger charge is -2.29. The summed E-state index contributed by atoms with van der Waals surface area (Å²) in [7, 11) is 1.27. The molecule has 0 saturated carbocycles. The minimum Gasteiger partial charge on any atom is -0.468 e. The Kier molecular flexibility index (Phi) is 6.68. The summed E-state index contributed by atoms with van der Waals surface area (Å²) in [6.45, 7) is 10.4. The van der Waals surface area contributed by atoms with Gasteiger partial charge >= 0.3 is 5.97 Å². The van der Waals surface area contributed by atoms with E-state index in [1.54, 1.807) is 41.5 Å². The second-order valence-corrected chi connectivity index (χ2v) is 6.08. The van der Waals surface area contributed by atoms with Gasteiger partial charge in [0.05, 0.1) is 7.11 Å². The van der Waals surface area contributed by atoms with Crippen LogP contribution in [0, 0.1) is 5.41 Å². The summed E-state index contributed by atoms with van der Waals surface area (Å²) in [4.78, 5) is 36.9. The molecule has 6 heteroatoms. The van der Waals surface area contributed by atoms with Crippen LogP contribution in [0.15, 0.2) is 0 Å². The van der Waals surface area contributed by atoms with E-state index in [4.69, 9.17) is 0 Å². The first-order valence-electron chi connectivity index (χ1n) is 6.69. The summed E-state index contributed by atoms with van der Waals surface area (Å²) >= 11 is 0. The topological polar surface area (TPSA) is 75.7 Å². The maximum absolute atomic E-state index is 12.3. The standard InChI is InChI=1S/C14H26N2O4/c1-9(2)16(8-11(17)20-7)12(18)10(3)15-13(19)14(4,5)6/h9-10H,8H2,1-7H3,(H,15,19). The number of ether oxygens (including phenoxy) is 1. The van der Waals surface area contributed by atoms with Crippen LogP contribution in [0.4, 0.5) is 0 Å². The third-order valence-electron chi connectivity index (χ3n) is 2.83. The average Bonchev–Trinajstić information content (AvgIpc) is 2.32. The zero-order valence-corrected chi connectivity index (χ0v) is 13.4. The van der Waals surface area contributed by atoms with Gasteiger partial charge in [0.2, 0.25) is 11.8 Å². The quantitative estimate of drug-likeness (QED) is 0.763. The van der Waals surface area contributed by atoms with Crippen LogP contribution in [0.1, 0.15) is 41.5 Å². The van der Waals surface area contributed by atoms with Crippen LogP contribution < -0.4 is 5.32 Å². The van der Waals surface area contributed by atoms with Crippen molar-refractivity contribution in [2.45, 2.75) is 53.6 Å². The van der Waals surface area contributed by atoms with Crippen molar-refractivity contribution in [3.05, 3.63) is 0 Å². The SMILES string of the molecule is COC(=O)CN(C(=O)C(C)NC(=O)C(C)(C)C)C(C)C. The maximum atomic E-state index is 12.3. The van der Waals surface area contributed by atoms with E-state index in [0.29, 0.717) is 0 Å². The molecule has 1 N–H and O–H groups in total. The first kappa shape index (κ1) is 18.4. The number of amides is 2. The highest BCUT2D eigenvalue weighted by molar-refractivity contribution is 5.91. The number of carbonyl (C=O) groups is 3. The van der Waals surface area contributed by atoms with Crippen LogP contribution in [-0.4, -0.2) is 48.4 Å². The molecule has 0 saturated heterocycles. The smallest absolute Gasteiger partial charge is 0.325 e. The van der Waals surface area contributed by atoms with Gasteiger partial charge in [0, 0.05) is 11.5 Å². The molecular weight excluding hydrogens is 260 g/mol. The van der Waals surface area contributed by atoms with E-state index in [9.17, 15) is 14.4 Å². The lowest BCUT2D eigenvalue weighted by Crippen LogP contribution is -2.52. The lowest BCUT2D eigenvalue weighted by atomic mass is 9.95. The molecular formula is C14H26N2O4. The van der Waals surface area contributed by atoms with Crippen molar-refractivity contribution in [3.8, 4) is 0 Å². The number of hydrogen-bond acceptors (Lipinski definition) is 4. The van der Waals surface area contributed by atoms with Gasteiger partial charge < -0.3 is 15.0 Å². The van der Waals surface area contributed by atoms with Crippen LogP contribution in [0.3, 0.4) is 0 Å². The summed E-state index contributed by atoms with van der Waals surface area (Å²) < 4.78 is 4.58. The van der Waals surface area contributed by atoms with Gasteiger partial charge in [-0.25, -0.2) is 0 Å². The van der Waals surface area contributed by atoms with Crippen molar-refractivity contribution in [2.75, 3.05) is 13.7 Å². The van der Waals surface area contributed by atoms with Crippen molar-refractivity contribution in [1.29, 1.82) is 0 Å². The fourth-order valence-electron chi connectivity index (χ4n) is 1.44. The van der Waals surface area contributed by atoms with Gasteiger partial charge in [0.15, 0.2) is 0 Å². The maximum Gasteiger partial charge on any atom is 0.325 e. The van der Waals surface area contributed by atoms with Crippen molar-refractivity contribution in [3.63, 3.8) is 0 Å². The Morgan fingerprint density at radius 1 is 1.15 bits per heavy atom. The summed E-state index contributed by atoms with van der Waals surface area (Å²) in [5.74, 6) is -0.996. The number of carbonyl (C=O) groups excluding carboxylic acids is 3. The van der Waals surface area contributed by atoms with Crippen molar-refractivity contribution >= 4 is 17.8 Å². The van der Waals surface area contributed by atoms with Gasteiger partial charge in [0.25, 0.3) is 0 Å². The summed E-state index contributed by atoms with van der Waals surface area (Å²) in [6.07, 6.45) is 0. The zero-order valence-electron chi connectivity index (χ0n) is 13.4. The van der Waals surface area contributed by atoms with Crippen LogP contribution >= 0.6 is 0 Å². The van der Waals surface area contributed by atoms with Crippen LogP contribution in [0.25, 0.3) is 0 Å². The van der Waals surface area contributed by atoms with E-state index in [1.807, 2.05) is 0 Å². The summed E-state index contributed by atoms with van der Waals surface area (Å²) in [5, 5.41) is 2.66. The number of methoxy groups -OCH3 is 1.